The van der Waals surface area contributed by atoms with Crippen LogP contribution in [0.1, 0.15) is 99.3 Å². The lowest BCUT2D eigenvalue weighted by Gasteiger charge is -2.58. The summed E-state index contributed by atoms with van der Waals surface area (Å²) in [5, 5.41) is 10.2. The Balaban J connectivity index is 1.52. The zero-order chi connectivity index (χ0) is 21.7. The molecule has 0 bridgehead atoms. The molecule has 30 heavy (non-hydrogen) atoms. The van der Waals surface area contributed by atoms with Gasteiger partial charge in [0.2, 0.25) is 0 Å². The summed E-state index contributed by atoms with van der Waals surface area (Å²) in [6.45, 7) is 14.8. The van der Waals surface area contributed by atoms with E-state index >= 15 is 0 Å². The molecule has 1 heteroatoms. The van der Waals surface area contributed by atoms with Crippen LogP contribution in [0.15, 0.2) is 23.8 Å². The zero-order valence-corrected chi connectivity index (χ0v) is 20.7. The van der Waals surface area contributed by atoms with Crippen LogP contribution in [0.5, 0.6) is 0 Å². The van der Waals surface area contributed by atoms with E-state index < -0.39 is 0 Å². The molecule has 4 rings (SSSR count). The molecule has 0 unspecified atom stereocenters. The Hall–Kier alpha value is -0.560. The quantitative estimate of drug-likeness (QED) is 0.457. The normalized spacial score (nSPS) is 45.6. The topological polar surface area (TPSA) is 20.2 Å². The van der Waals surface area contributed by atoms with Gasteiger partial charge in [0.1, 0.15) is 0 Å². The second kappa shape index (κ2) is 8.42. The molecular formula is C29H48O. The molecule has 4 aliphatic carbocycles. The van der Waals surface area contributed by atoms with E-state index in [9.17, 15) is 5.11 Å². The third-order valence-corrected chi connectivity index (χ3v) is 10.8. The van der Waals surface area contributed by atoms with Crippen LogP contribution < -0.4 is 0 Å². The van der Waals surface area contributed by atoms with Gasteiger partial charge in [-0.1, -0.05) is 65.3 Å². The molecule has 0 aromatic heterocycles. The van der Waals surface area contributed by atoms with Crippen molar-refractivity contribution in [2.45, 2.75) is 105 Å². The van der Waals surface area contributed by atoms with Crippen LogP contribution in [-0.4, -0.2) is 11.2 Å². The zero-order valence-electron chi connectivity index (χ0n) is 20.7. The van der Waals surface area contributed by atoms with E-state index in [1.807, 2.05) is 0 Å². The monoisotopic (exact) mass is 412 g/mol. The first kappa shape index (κ1) is 22.6. The molecule has 3 fully saturated rings. The lowest BCUT2D eigenvalue weighted by molar-refractivity contribution is -0.0540. The van der Waals surface area contributed by atoms with Crippen molar-refractivity contribution >= 4 is 0 Å². The second-order valence-corrected chi connectivity index (χ2v) is 12.4. The molecule has 0 spiro atoms. The fraction of sp³-hybridized carbons (Fsp3) is 0.862. The highest BCUT2D eigenvalue weighted by Gasteiger charge is 2.58. The van der Waals surface area contributed by atoms with Crippen molar-refractivity contribution in [3.8, 4) is 0 Å². The van der Waals surface area contributed by atoms with Gasteiger partial charge in [0.05, 0.1) is 6.10 Å². The third kappa shape index (κ3) is 3.66. The van der Waals surface area contributed by atoms with Gasteiger partial charge in [-0.25, -0.2) is 0 Å². The Morgan fingerprint density at radius 1 is 1.03 bits per heavy atom. The third-order valence-electron chi connectivity index (χ3n) is 10.8. The van der Waals surface area contributed by atoms with E-state index in [1.54, 1.807) is 5.57 Å². The molecule has 0 saturated heterocycles. The van der Waals surface area contributed by atoms with Crippen LogP contribution in [0.2, 0.25) is 0 Å². The highest BCUT2D eigenvalue weighted by molar-refractivity contribution is 5.25. The van der Waals surface area contributed by atoms with Crippen LogP contribution in [-0.2, 0) is 0 Å². The average molecular weight is 413 g/mol. The number of hydrogen-bond acceptors (Lipinski definition) is 1. The molecule has 170 valence electrons. The molecular weight excluding hydrogens is 364 g/mol. The Kier molecular flexibility index (Phi) is 6.35. The number of aliphatic hydroxyl groups excluding tert-OH is 1. The summed E-state index contributed by atoms with van der Waals surface area (Å²) in [6.07, 6.45) is 19.1. The molecule has 9 atom stereocenters. The fourth-order valence-corrected chi connectivity index (χ4v) is 8.83. The molecule has 0 heterocycles. The van der Waals surface area contributed by atoms with E-state index in [0.717, 1.165) is 48.3 Å². The van der Waals surface area contributed by atoms with Crippen molar-refractivity contribution in [3.63, 3.8) is 0 Å². The smallest absolute Gasteiger partial charge is 0.0577 e. The maximum absolute atomic E-state index is 10.2. The van der Waals surface area contributed by atoms with Gasteiger partial charge in [-0.05, 0) is 110 Å². The van der Waals surface area contributed by atoms with Crippen LogP contribution in [0.25, 0.3) is 0 Å². The Labute approximate surface area is 186 Å². The fourth-order valence-electron chi connectivity index (χ4n) is 8.83. The summed E-state index contributed by atoms with van der Waals surface area (Å²) < 4.78 is 0. The van der Waals surface area contributed by atoms with E-state index in [1.165, 1.54) is 44.9 Å². The Morgan fingerprint density at radius 3 is 2.50 bits per heavy atom. The molecule has 0 radical (unpaired) electrons. The summed E-state index contributed by atoms with van der Waals surface area (Å²) in [7, 11) is 0. The van der Waals surface area contributed by atoms with E-state index in [-0.39, 0.29) is 6.10 Å². The average Bonchev–Trinajstić information content (AvgIpc) is 3.06. The molecule has 1 nitrogen and oxygen atoms in total. The van der Waals surface area contributed by atoms with Gasteiger partial charge in [0.25, 0.3) is 0 Å². The minimum atomic E-state index is -0.0870. The maximum Gasteiger partial charge on any atom is 0.0577 e. The standard InChI is InChI=1S/C29H48O/c1-7-21(19(2)3)9-8-20(4)25-12-13-26-24-11-10-22-18-23(30)14-16-28(22,5)27(24)15-17-29(25,26)6/h8-10,19-21,23-27,30H,7,11-18H2,1-6H3/b9-8+/t20-,21-,23+,24+,25+,26+,27-,28+,29-/m1/s1. The molecule has 1 N–H and O–H groups in total. The van der Waals surface area contributed by atoms with Crippen molar-refractivity contribution in [2.75, 3.05) is 0 Å². The molecule has 4 aliphatic rings. The minimum Gasteiger partial charge on any atom is -0.393 e. The number of rotatable bonds is 5. The first-order chi connectivity index (χ1) is 14.2. The summed E-state index contributed by atoms with van der Waals surface area (Å²) in [4.78, 5) is 0. The molecule has 3 saturated carbocycles. The van der Waals surface area contributed by atoms with Gasteiger partial charge in [-0.2, -0.15) is 0 Å². The predicted octanol–water partition coefficient (Wildman–Crippen LogP) is 7.80. The largest absolute Gasteiger partial charge is 0.393 e. The van der Waals surface area contributed by atoms with Gasteiger partial charge in [0.15, 0.2) is 0 Å². The van der Waals surface area contributed by atoms with Crippen LogP contribution in [0.3, 0.4) is 0 Å². The highest BCUT2D eigenvalue weighted by Crippen LogP contribution is 2.67. The first-order valence-electron chi connectivity index (χ1n) is 13.3. The molecule has 0 amide bonds. The van der Waals surface area contributed by atoms with Gasteiger partial charge in [-0.3, -0.25) is 0 Å². The lowest BCUT2D eigenvalue weighted by Crippen LogP contribution is -2.50. The van der Waals surface area contributed by atoms with Crippen LogP contribution in [0, 0.1) is 52.3 Å². The predicted molar refractivity (Wildman–Crippen MR) is 128 cm³/mol. The van der Waals surface area contributed by atoms with E-state index in [2.05, 4.69) is 59.8 Å². The highest BCUT2D eigenvalue weighted by atomic mass is 16.3. The lowest BCUT2D eigenvalue weighted by atomic mass is 9.47. The first-order valence-corrected chi connectivity index (χ1v) is 13.3. The Bertz CT molecular complexity index is 674. The van der Waals surface area contributed by atoms with Crippen molar-refractivity contribution in [2.24, 2.45) is 52.3 Å². The van der Waals surface area contributed by atoms with Crippen molar-refractivity contribution in [1.29, 1.82) is 0 Å². The molecule has 0 aromatic carbocycles. The van der Waals surface area contributed by atoms with Gasteiger partial charge >= 0.3 is 0 Å². The number of fused-ring (bicyclic) bond motifs is 5. The van der Waals surface area contributed by atoms with Gasteiger partial charge in [0, 0.05) is 0 Å². The van der Waals surface area contributed by atoms with Crippen molar-refractivity contribution in [3.05, 3.63) is 23.8 Å². The van der Waals surface area contributed by atoms with Crippen LogP contribution in [0.4, 0.5) is 0 Å². The van der Waals surface area contributed by atoms with Crippen molar-refractivity contribution in [1.82, 2.24) is 0 Å². The molecule has 0 aromatic rings. The molecule has 0 aliphatic heterocycles. The Morgan fingerprint density at radius 2 is 1.80 bits per heavy atom. The second-order valence-electron chi connectivity index (χ2n) is 12.4. The maximum atomic E-state index is 10.2. The number of aliphatic hydroxyl groups is 1. The minimum absolute atomic E-state index is 0.0870. The van der Waals surface area contributed by atoms with Crippen LogP contribution >= 0.6 is 0 Å². The summed E-state index contributed by atoms with van der Waals surface area (Å²) in [5.41, 5.74) is 2.51. The number of allylic oxidation sites excluding steroid dienone is 3. The van der Waals surface area contributed by atoms with Gasteiger partial charge in [-0.15, -0.1) is 0 Å². The summed E-state index contributed by atoms with van der Waals surface area (Å²) in [5.74, 6) is 5.70. The summed E-state index contributed by atoms with van der Waals surface area (Å²) >= 11 is 0. The van der Waals surface area contributed by atoms with E-state index in [0.29, 0.717) is 16.7 Å². The number of hydrogen-bond donors (Lipinski definition) is 1. The SMILES string of the molecule is CC[C@H](/C=C/[C@@H](C)[C@@H]1CC[C@H]2[C@@H]3CC=C4C[C@@H](O)CC[C@]4(C)[C@@H]3CC[C@@]21C)C(C)C. The van der Waals surface area contributed by atoms with Gasteiger partial charge < -0.3 is 5.11 Å². The van der Waals surface area contributed by atoms with E-state index in [4.69, 9.17) is 0 Å². The van der Waals surface area contributed by atoms with Crippen molar-refractivity contribution < 1.29 is 5.11 Å². The summed E-state index contributed by atoms with van der Waals surface area (Å²) in [6, 6.07) is 0.